The number of benzene rings is 1. The van der Waals surface area contributed by atoms with Crippen molar-refractivity contribution in [3.05, 3.63) is 29.3 Å². The first kappa shape index (κ1) is 18.2. The Labute approximate surface area is 137 Å². The van der Waals surface area contributed by atoms with E-state index in [4.69, 9.17) is 4.74 Å². The summed E-state index contributed by atoms with van der Waals surface area (Å²) in [6, 6.07) is 4.37. The lowest BCUT2D eigenvalue weighted by Gasteiger charge is -2.35. The van der Waals surface area contributed by atoms with Gasteiger partial charge >= 0.3 is 6.18 Å². The van der Waals surface area contributed by atoms with Gasteiger partial charge in [-0.15, -0.1) is 0 Å². The summed E-state index contributed by atoms with van der Waals surface area (Å²) in [6.45, 7) is 8.14. The van der Waals surface area contributed by atoms with Gasteiger partial charge in [0, 0.05) is 0 Å². The van der Waals surface area contributed by atoms with Crippen LogP contribution in [0.25, 0.3) is 0 Å². The third-order valence-electron chi connectivity index (χ3n) is 5.31. The second-order valence-corrected chi connectivity index (χ2v) is 7.09. The summed E-state index contributed by atoms with van der Waals surface area (Å²) in [7, 11) is 0. The Balaban J connectivity index is 2.44. The van der Waals surface area contributed by atoms with Gasteiger partial charge in [-0.25, -0.2) is 0 Å². The Kier molecular flexibility index (Phi) is 5.32. The van der Waals surface area contributed by atoms with E-state index in [1.807, 2.05) is 27.7 Å². The highest BCUT2D eigenvalue weighted by molar-refractivity contribution is 5.41. The topological polar surface area (TPSA) is 9.23 Å². The molecule has 0 spiro atoms. The number of rotatable bonds is 5. The third kappa shape index (κ3) is 3.84. The molecule has 0 saturated heterocycles. The van der Waals surface area contributed by atoms with Gasteiger partial charge in [0.25, 0.3) is 0 Å². The van der Waals surface area contributed by atoms with Crippen LogP contribution in [0, 0.1) is 5.92 Å². The van der Waals surface area contributed by atoms with Crippen LogP contribution >= 0.6 is 0 Å². The van der Waals surface area contributed by atoms with Crippen molar-refractivity contribution < 1.29 is 17.9 Å². The number of alkyl halides is 3. The van der Waals surface area contributed by atoms with Crippen molar-refractivity contribution in [1.82, 2.24) is 0 Å². The molecule has 1 aliphatic carbocycles. The molecule has 4 heteroatoms. The van der Waals surface area contributed by atoms with Gasteiger partial charge in [0.1, 0.15) is 11.4 Å². The lowest BCUT2D eigenvalue weighted by Crippen LogP contribution is -2.39. The molecule has 1 nitrogen and oxygen atoms in total. The summed E-state index contributed by atoms with van der Waals surface area (Å²) in [5, 5.41) is 0. The number of halogens is 3. The second kappa shape index (κ2) is 6.74. The summed E-state index contributed by atoms with van der Waals surface area (Å²) in [4.78, 5) is 0. The van der Waals surface area contributed by atoms with Gasteiger partial charge in [0.05, 0.1) is 5.56 Å². The van der Waals surface area contributed by atoms with Crippen LogP contribution in [-0.2, 0) is 6.18 Å². The predicted molar refractivity (Wildman–Crippen MR) is 86.8 cm³/mol. The standard InChI is InChI=1S/C19H27F3O/c1-5-14(4)15-8-9-16(19(20,21)22)17(12-15)23-18(13(2)3)10-6-7-11-18/h8-9,12-14H,5-7,10-11H2,1-4H3. The first-order valence-corrected chi connectivity index (χ1v) is 8.60. The maximum Gasteiger partial charge on any atom is 0.419 e. The minimum Gasteiger partial charge on any atom is -0.486 e. The van der Waals surface area contributed by atoms with E-state index in [-0.39, 0.29) is 17.6 Å². The van der Waals surface area contributed by atoms with Gasteiger partial charge in [-0.2, -0.15) is 13.2 Å². The van der Waals surface area contributed by atoms with Crippen molar-refractivity contribution in [1.29, 1.82) is 0 Å². The summed E-state index contributed by atoms with van der Waals surface area (Å²) in [6.07, 6.45) is 0.195. The van der Waals surface area contributed by atoms with Crippen molar-refractivity contribution in [3.63, 3.8) is 0 Å². The summed E-state index contributed by atoms with van der Waals surface area (Å²) < 4.78 is 46.2. The van der Waals surface area contributed by atoms with Crippen molar-refractivity contribution >= 4 is 0 Å². The maximum absolute atomic E-state index is 13.4. The van der Waals surface area contributed by atoms with Gasteiger partial charge in [-0.3, -0.25) is 0 Å². The average molecular weight is 328 g/mol. The molecular formula is C19H27F3O. The quantitative estimate of drug-likeness (QED) is 0.594. The number of ether oxygens (including phenoxy) is 1. The third-order valence-corrected chi connectivity index (χ3v) is 5.31. The largest absolute Gasteiger partial charge is 0.486 e. The average Bonchev–Trinajstić information content (AvgIpc) is 2.95. The zero-order valence-electron chi connectivity index (χ0n) is 14.5. The Morgan fingerprint density at radius 3 is 2.22 bits per heavy atom. The molecule has 1 fully saturated rings. The maximum atomic E-state index is 13.4. The van der Waals surface area contributed by atoms with Gasteiger partial charge in [0.15, 0.2) is 0 Å². The molecule has 0 bridgehead atoms. The van der Waals surface area contributed by atoms with E-state index in [2.05, 4.69) is 0 Å². The van der Waals surface area contributed by atoms with E-state index in [1.165, 1.54) is 6.07 Å². The summed E-state index contributed by atoms with van der Waals surface area (Å²) in [5.41, 5.74) is -0.211. The molecular weight excluding hydrogens is 301 g/mol. The highest BCUT2D eigenvalue weighted by atomic mass is 19.4. The van der Waals surface area contributed by atoms with E-state index < -0.39 is 17.3 Å². The molecule has 130 valence electrons. The molecule has 0 amide bonds. The molecule has 0 aliphatic heterocycles. The van der Waals surface area contributed by atoms with E-state index in [1.54, 1.807) is 12.1 Å². The zero-order chi connectivity index (χ0) is 17.3. The van der Waals surface area contributed by atoms with Crippen LogP contribution in [0.3, 0.4) is 0 Å². The van der Waals surface area contributed by atoms with Crippen molar-refractivity contribution in [2.75, 3.05) is 0 Å². The van der Waals surface area contributed by atoms with E-state index in [0.717, 1.165) is 37.7 Å². The van der Waals surface area contributed by atoms with Crippen molar-refractivity contribution in [2.24, 2.45) is 5.92 Å². The fourth-order valence-electron chi connectivity index (χ4n) is 3.39. The van der Waals surface area contributed by atoms with Crippen LogP contribution in [0.2, 0.25) is 0 Å². The molecule has 1 aliphatic rings. The molecule has 0 radical (unpaired) electrons. The fraction of sp³-hybridized carbons (Fsp3) is 0.684. The van der Waals surface area contributed by atoms with Crippen LogP contribution in [0.15, 0.2) is 18.2 Å². The Morgan fingerprint density at radius 1 is 1.13 bits per heavy atom. The zero-order valence-corrected chi connectivity index (χ0v) is 14.5. The smallest absolute Gasteiger partial charge is 0.419 e. The van der Waals surface area contributed by atoms with E-state index in [9.17, 15) is 13.2 Å². The van der Waals surface area contributed by atoms with Crippen molar-refractivity contribution in [2.45, 2.75) is 77.5 Å². The van der Waals surface area contributed by atoms with Crippen LogP contribution < -0.4 is 4.74 Å². The molecule has 1 saturated carbocycles. The Bertz CT molecular complexity index is 528. The predicted octanol–water partition coefficient (Wildman–Crippen LogP) is 6.57. The lowest BCUT2D eigenvalue weighted by atomic mass is 9.88. The molecule has 1 aromatic rings. The van der Waals surface area contributed by atoms with Gasteiger partial charge in [0.2, 0.25) is 0 Å². The molecule has 0 aromatic heterocycles. The monoisotopic (exact) mass is 328 g/mol. The number of hydrogen-bond acceptors (Lipinski definition) is 1. The Hall–Kier alpha value is -1.19. The van der Waals surface area contributed by atoms with Gasteiger partial charge in [-0.05, 0) is 61.6 Å². The molecule has 23 heavy (non-hydrogen) atoms. The molecule has 0 N–H and O–H groups in total. The lowest BCUT2D eigenvalue weighted by molar-refractivity contribution is -0.140. The number of hydrogen-bond donors (Lipinski definition) is 0. The molecule has 2 rings (SSSR count). The Morgan fingerprint density at radius 2 is 1.74 bits per heavy atom. The molecule has 0 heterocycles. The van der Waals surface area contributed by atoms with Crippen LogP contribution in [0.5, 0.6) is 5.75 Å². The van der Waals surface area contributed by atoms with Crippen LogP contribution in [0.4, 0.5) is 13.2 Å². The SMILES string of the molecule is CCC(C)c1ccc(C(F)(F)F)c(OC2(C(C)C)CCCC2)c1. The first-order chi connectivity index (χ1) is 10.7. The summed E-state index contributed by atoms with van der Waals surface area (Å²) in [5.74, 6) is 0.419. The van der Waals surface area contributed by atoms with E-state index >= 15 is 0 Å². The van der Waals surface area contributed by atoms with E-state index in [0.29, 0.717) is 0 Å². The van der Waals surface area contributed by atoms with Gasteiger partial charge < -0.3 is 4.74 Å². The molecule has 1 aromatic carbocycles. The summed E-state index contributed by atoms with van der Waals surface area (Å²) >= 11 is 0. The minimum absolute atomic E-state index is 0.00546. The van der Waals surface area contributed by atoms with Crippen molar-refractivity contribution in [3.8, 4) is 5.75 Å². The van der Waals surface area contributed by atoms with Crippen LogP contribution in [-0.4, -0.2) is 5.60 Å². The molecule has 1 unspecified atom stereocenters. The minimum atomic E-state index is -4.39. The first-order valence-electron chi connectivity index (χ1n) is 8.60. The fourth-order valence-corrected chi connectivity index (χ4v) is 3.39. The second-order valence-electron chi connectivity index (χ2n) is 7.09. The molecule has 1 atom stereocenters. The highest BCUT2D eigenvalue weighted by Crippen LogP contribution is 2.44. The van der Waals surface area contributed by atoms with Crippen LogP contribution in [0.1, 0.15) is 76.8 Å². The highest BCUT2D eigenvalue weighted by Gasteiger charge is 2.42. The normalized spacial score (nSPS) is 19.1. The van der Waals surface area contributed by atoms with Gasteiger partial charge in [-0.1, -0.05) is 33.8 Å².